The van der Waals surface area contributed by atoms with Gasteiger partial charge in [-0.25, -0.2) is 4.98 Å². The lowest BCUT2D eigenvalue weighted by molar-refractivity contribution is 0.301. The van der Waals surface area contributed by atoms with Crippen LogP contribution in [0.4, 0.5) is 5.95 Å². The van der Waals surface area contributed by atoms with Crippen LogP contribution in [-0.2, 0) is 0 Å². The minimum absolute atomic E-state index is 0.338. The van der Waals surface area contributed by atoms with Crippen LogP contribution in [0, 0.1) is 12.8 Å². The Hall–Kier alpha value is -1.36. The van der Waals surface area contributed by atoms with Gasteiger partial charge in [0.1, 0.15) is 0 Å². The zero-order valence-electron chi connectivity index (χ0n) is 13.5. The molecule has 1 aliphatic rings. The summed E-state index contributed by atoms with van der Waals surface area (Å²) in [5, 5.41) is 0. The number of nitrogens with zero attached hydrogens (tertiary/aromatic N) is 3. The molecule has 2 unspecified atom stereocenters. The summed E-state index contributed by atoms with van der Waals surface area (Å²) in [5.41, 5.74) is 6.92. The van der Waals surface area contributed by atoms with E-state index in [2.05, 4.69) is 28.7 Å². The van der Waals surface area contributed by atoms with Crippen LogP contribution in [0.15, 0.2) is 6.07 Å². The van der Waals surface area contributed by atoms with Gasteiger partial charge in [0.15, 0.2) is 0 Å². The predicted molar refractivity (Wildman–Crippen MR) is 85.8 cm³/mol. The largest absolute Gasteiger partial charge is 0.478 e. The van der Waals surface area contributed by atoms with E-state index in [0.717, 1.165) is 36.9 Å². The van der Waals surface area contributed by atoms with Crippen molar-refractivity contribution in [2.24, 2.45) is 11.7 Å². The Morgan fingerprint density at radius 1 is 1.38 bits per heavy atom. The molecule has 1 fully saturated rings. The van der Waals surface area contributed by atoms with E-state index in [0.29, 0.717) is 25.1 Å². The molecule has 2 atom stereocenters. The number of piperidine rings is 1. The van der Waals surface area contributed by atoms with Crippen molar-refractivity contribution in [3.8, 4) is 5.88 Å². The van der Waals surface area contributed by atoms with Crippen LogP contribution in [0.5, 0.6) is 5.88 Å². The first kappa shape index (κ1) is 16.0. The molecule has 5 nitrogen and oxygen atoms in total. The minimum Gasteiger partial charge on any atom is -0.478 e. The zero-order chi connectivity index (χ0) is 15.2. The fourth-order valence-corrected chi connectivity index (χ4v) is 2.93. The molecule has 0 spiro atoms. The van der Waals surface area contributed by atoms with Crippen molar-refractivity contribution in [3.63, 3.8) is 0 Å². The topological polar surface area (TPSA) is 64.3 Å². The third-order valence-electron chi connectivity index (χ3n) is 4.20. The number of hydrogen-bond donors (Lipinski definition) is 1. The van der Waals surface area contributed by atoms with Crippen LogP contribution >= 0.6 is 0 Å². The predicted octanol–water partition coefficient (Wildman–Crippen LogP) is 2.53. The molecule has 1 aromatic heterocycles. The molecule has 2 heterocycles. The van der Waals surface area contributed by atoms with E-state index in [4.69, 9.17) is 10.5 Å². The molecule has 2 N–H and O–H groups in total. The highest BCUT2D eigenvalue weighted by molar-refractivity contribution is 5.36. The van der Waals surface area contributed by atoms with Gasteiger partial charge in [-0.2, -0.15) is 4.98 Å². The second-order valence-electron chi connectivity index (χ2n) is 5.88. The lowest BCUT2D eigenvalue weighted by Gasteiger charge is -2.39. The average molecular weight is 292 g/mol. The van der Waals surface area contributed by atoms with Gasteiger partial charge in [-0.05, 0) is 32.1 Å². The van der Waals surface area contributed by atoms with Gasteiger partial charge in [0.25, 0.3) is 0 Å². The molecular formula is C16H28N4O. The Morgan fingerprint density at radius 2 is 2.19 bits per heavy atom. The molecule has 0 bridgehead atoms. The molecule has 0 amide bonds. The minimum atomic E-state index is 0.338. The third-order valence-corrected chi connectivity index (χ3v) is 4.20. The number of rotatable bonds is 6. The highest BCUT2D eigenvalue weighted by Gasteiger charge is 2.28. The van der Waals surface area contributed by atoms with E-state index in [1.165, 1.54) is 12.8 Å². The molecule has 1 saturated heterocycles. The van der Waals surface area contributed by atoms with Gasteiger partial charge in [-0.15, -0.1) is 0 Å². The molecule has 118 valence electrons. The van der Waals surface area contributed by atoms with Gasteiger partial charge in [0.2, 0.25) is 11.8 Å². The second-order valence-corrected chi connectivity index (χ2v) is 5.88. The number of aryl methyl sites for hydroxylation is 1. The number of aromatic nitrogens is 2. The Balaban J connectivity index is 2.17. The van der Waals surface area contributed by atoms with E-state index in [-0.39, 0.29) is 0 Å². The smallest absolute Gasteiger partial charge is 0.229 e. The number of ether oxygens (including phenoxy) is 1. The molecule has 0 aromatic carbocycles. The maximum Gasteiger partial charge on any atom is 0.229 e. The molecule has 5 heteroatoms. The first-order valence-electron chi connectivity index (χ1n) is 8.13. The summed E-state index contributed by atoms with van der Waals surface area (Å²) < 4.78 is 5.67. The van der Waals surface area contributed by atoms with Crippen molar-refractivity contribution >= 4 is 5.95 Å². The molecule has 0 radical (unpaired) electrons. The van der Waals surface area contributed by atoms with Crippen molar-refractivity contribution in [2.75, 3.05) is 24.6 Å². The summed E-state index contributed by atoms with van der Waals surface area (Å²) in [6.45, 7) is 8.66. The summed E-state index contributed by atoms with van der Waals surface area (Å²) >= 11 is 0. The fourth-order valence-electron chi connectivity index (χ4n) is 2.93. The average Bonchev–Trinajstić information content (AvgIpc) is 2.51. The van der Waals surface area contributed by atoms with Gasteiger partial charge < -0.3 is 15.4 Å². The summed E-state index contributed by atoms with van der Waals surface area (Å²) in [4.78, 5) is 11.4. The lowest BCUT2D eigenvalue weighted by atomic mass is 9.89. The molecule has 1 aliphatic heterocycles. The van der Waals surface area contributed by atoms with Crippen LogP contribution in [0.3, 0.4) is 0 Å². The van der Waals surface area contributed by atoms with Gasteiger partial charge in [-0.3, -0.25) is 0 Å². The van der Waals surface area contributed by atoms with E-state index in [9.17, 15) is 0 Å². The summed E-state index contributed by atoms with van der Waals surface area (Å²) in [7, 11) is 0. The van der Waals surface area contributed by atoms with E-state index in [1.807, 2.05) is 13.0 Å². The number of anilines is 1. The number of hydrogen-bond acceptors (Lipinski definition) is 5. The molecule has 21 heavy (non-hydrogen) atoms. The van der Waals surface area contributed by atoms with E-state index >= 15 is 0 Å². The maximum atomic E-state index is 5.98. The molecule has 2 rings (SSSR count). The van der Waals surface area contributed by atoms with Crippen LogP contribution in [0.1, 0.15) is 45.2 Å². The number of nitrogens with two attached hydrogens (primary N) is 1. The Labute approximate surface area is 127 Å². The van der Waals surface area contributed by atoms with E-state index in [1.54, 1.807) is 0 Å². The fraction of sp³-hybridized carbons (Fsp3) is 0.750. The Kier molecular flexibility index (Phi) is 5.79. The zero-order valence-corrected chi connectivity index (χ0v) is 13.5. The van der Waals surface area contributed by atoms with Crippen molar-refractivity contribution < 1.29 is 4.74 Å². The Bertz CT molecular complexity index is 452. The van der Waals surface area contributed by atoms with Gasteiger partial charge in [0.05, 0.1) is 6.61 Å². The third kappa shape index (κ3) is 4.06. The van der Waals surface area contributed by atoms with Crippen molar-refractivity contribution in [2.45, 2.75) is 52.5 Å². The molecule has 1 aromatic rings. The quantitative estimate of drug-likeness (QED) is 0.873. The van der Waals surface area contributed by atoms with Crippen LogP contribution in [0.2, 0.25) is 0 Å². The van der Waals surface area contributed by atoms with Crippen LogP contribution < -0.4 is 15.4 Å². The summed E-state index contributed by atoms with van der Waals surface area (Å²) in [5.74, 6) is 2.22. The first-order chi connectivity index (χ1) is 10.2. The monoisotopic (exact) mass is 292 g/mol. The van der Waals surface area contributed by atoms with Crippen molar-refractivity contribution in [3.05, 3.63) is 11.8 Å². The van der Waals surface area contributed by atoms with Gasteiger partial charge in [0, 0.05) is 30.9 Å². The first-order valence-corrected chi connectivity index (χ1v) is 8.13. The standard InChI is InChI=1S/C16H28N4O/c1-4-8-21-15-9-12(3)18-16(19-15)20-7-6-13(5-2)10-14(20)11-17/h9,13-14H,4-8,10-11,17H2,1-3H3. The second kappa shape index (κ2) is 7.59. The molecular weight excluding hydrogens is 264 g/mol. The highest BCUT2D eigenvalue weighted by atomic mass is 16.5. The SMILES string of the molecule is CCCOc1cc(C)nc(N2CCC(CC)CC2CN)n1. The van der Waals surface area contributed by atoms with Crippen LogP contribution in [-0.4, -0.2) is 35.7 Å². The normalized spacial score (nSPS) is 22.4. The molecule has 0 saturated carbocycles. The van der Waals surface area contributed by atoms with Gasteiger partial charge in [-0.1, -0.05) is 20.3 Å². The Morgan fingerprint density at radius 3 is 2.86 bits per heavy atom. The summed E-state index contributed by atoms with van der Waals surface area (Å²) in [6, 6.07) is 2.24. The van der Waals surface area contributed by atoms with Crippen LogP contribution in [0.25, 0.3) is 0 Å². The summed E-state index contributed by atoms with van der Waals surface area (Å²) in [6.07, 6.45) is 4.53. The molecule has 0 aliphatic carbocycles. The van der Waals surface area contributed by atoms with Gasteiger partial charge >= 0.3 is 0 Å². The van der Waals surface area contributed by atoms with Crippen molar-refractivity contribution in [1.82, 2.24) is 9.97 Å². The highest BCUT2D eigenvalue weighted by Crippen LogP contribution is 2.28. The van der Waals surface area contributed by atoms with Crippen molar-refractivity contribution in [1.29, 1.82) is 0 Å². The maximum absolute atomic E-state index is 5.98. The lowest BCUT2D eigenvalue weighted by Crippen LogP contribution is -2.47. The van der Waals surface area contributed by atoms with E-state index < -0.39 is 0 Å².